The Labute approximate surface area is 144 Å². The Hall–Kier alpha value is -1.69. The van der Waals surface area contributed by atoms with Crippen molar-refractivity contribution >= 4 is 5.91 Å². The Balaban J connectivity index is 1.54. The number of nitrogens with one attached hydrogen (secondary N) is 2. The molecule has 0 spiro atoms. The van der Waals surface area contributed by atoms with E-state index in [4.69, 9.17) is 0 Å². The van der Waals surface area contributed by atoms with E-state index in [1.807, 2.05) is 18.2 Å². The minimum absolute atomic E-state index is 0.0228. The van der Waals surface area contributed by atoms with Crippen molar-refractivity contribution in [1.82, 2.24) is 20.4 Å². The number of carbonyl (C=O) groups is 1. The number of carbonyl (C=O) groups excluding carboxylic acids is 1. The average Bonchev–Trinajstić information content (AvgIpc) is 2.63. The maximum absolute atomic E-state index is 12.4. The molecule has 0 aliphatic carbocycles. The summed E-state index contributed by atoms with van der Waals surface area (Å²) >= 11 is 0. The predicted octanol–water partition coefficient (Wildman–Crippen LogP) is 1.08. The summed E-state index contributed by atoms with van der Waals surface area (Å²) in [5.41, 5.74) is 3.29. The summed E-state index contributed by atoms with van der Waals surface area (Å²) in [4.78, 5) is 17.2. The first-order valence-electron chi connectivity index (χ1n) is 8.87. The molecule has 2 N–H and O–H groups in total. The first-order valence-corrected chi connectivity index (χ1v) is 8.87. The Kier molecular flexibility index (Phi) is 6.01. The van der Waals surface area contributed by atoms with Crippen LogP contribution in [0, 0.1) is 0 Å². The van der Waals surface area contributed by atoms with Gasteiger partial charge in [0.1, 0.15) is 0 Å². The molecule has 1 saturated heterocycles. The molecule has 5 heteroatoms. The van der Waals surface area contributed by atoms with Crippen molar-refractivity contribution in [2.45, 2.75) is 13.0 Å². The fourth-order valence-electron chi connectivity index (χ4n) is 3.20. The highest BCUT2D eigenvalue weighted by Crippen LogP contribution is 2.11. The van der Waals surface area contributed by atoms with Crippen LogP contribution in [0.4, 0.5) is 0 Å². The summed E-state index contributed by atoms with van der Waals surface area (Å²) in [5.74, 6) is 0.0228. The normalized spacial score (nSPS) is 19.8. The van der Waals surface area contributed by atoms with Gasteiger partial charge in [0.15, 0.2) is 0 Å². The van der Waals surface area contributed by atoms with E-state index in [-0.39, 0.29) is 5.91 Å². The van der Waals surface area contributed by atoms with Gasteiger partial charge >= 0.3 is 0 Å². The molecular weight excluding hydrogens is 300 g/mol. The van der Waals surface area contributed by atoms with Crippen LogP contribution in [0.3, 0.4) is 0 Å². The predicted molar refractivity (Wildman–Crippen MR) is 97.1 cm³/mol. The van der Waals surface area contributed by atoms with Crippen LogP contribution in [-0.4, -0.2) is 68.6 Å². The summed E-state index contributed by atoms with van der Waals surface area (Å²) in [6.07, 6.45) is 3.19. The second-order valence-corrected chi connectivity index (χ2v) is 6.78. The highest BCUT2D eigenvalue weighted by molar-refractivity contribution is 5.94. The molecule has 5 nitrogen and oxygen atoms in total. The largest absolute Gasteiger partial charge is 0.348 e. The van der Waals surface area contributed by atoms with Gasteiger partial charge in [-0.25, -0.2) is 0 Å². The monoisotopic (exact) mass is 328 g/mol. The molecule has 1 aromatic rings. The van der Waals surface area contributed by atoms with E-state index < -0.39 is 0 Å². The second kappa shape index (κ2) is 8.42. The number of benzene rings is 1. The minimum atomic E-state index is 0.0228. The van der Waals surface area contributed by atoms with Gasteiger partial charge < -0.3 is 15.5 Å². The first kappa shape index (κ1) is 17.1. The molecular formula is C19H28N4O. The molecule has 24 heavy (non-hydrogen) atoms. The lowest BCUT2D eigenvalue weighted by molar-refractivity contribution is 0.0956. The molecule has 130 valence electrons. The fraction of sp³-hybridized carbons (Fsp3) is 0.526. The lowest BCUT2D eigenvalue weighted by Crippen LogP contribution is -2.43. The minimum Gasteiger partial charge on any atom is -0.348 e. The molecule has 0 atom stereocenters. The fourth-order valence-corrected chi connectivity index (χ4v) is 3.20. The van der Waals surface area contributed by atoms with Crippen molar-refractivity contribution in [3.8, 4) is 0 Å². The van der Waals surface area contributed by atoms with Crippen LogP contribution in [0.2, 0.25) is 0 Å². The van der Waals surface area contributed by atoms with Gasteiger partial charge in [0.2, 0.25) is 0 Å². The zero-order valence-corrected chi connectivity index (χ0v) is 14.6. The molecule has 1 amide bonds. The van der Waals surface area contributed by atoms with Crippen molar-refractivity contribution in [1.29, 1.82) is 0 Å². The molecule has 2 aliphatic rings. The van der Waals surface area contributed by atoms with Crippen LogP contribution in [-0.2, 0) is 6.54 Å². The van der Waals surface area contributed by atoms with Crippen molar-refractivity contribution < 1.29 is 4.79 Å². The number of amides is 1. The zero-order chi connectivity index (χ0) is 16.8. The van der Waals surface area contributed by atoms with Crippen molar-refractivity contribution in [3.05, 3.63) is 47.0 Å². The van der Waals surface area contributed by atoms with E-state index in [1.54, 1.807) is 0 Å². The molecule has 3 rings (SSSR count). The summed E-state index contributed by atoms with van der Waals surface area (Å²) in [7, 11) is 2.17. The van der Waals surface area contributed by atoms with Crippen LogP contribution >= 0.6 is 0 Å². The highest BCUT2D eigenvalue weighted by atomic mass is 16.1. The zero-order valence-electron chi connectivity index (χ0n) is 14.6. The number of rotatable bonds is 5. The Morgan fingerprint density at radius 3 is 2.83 bits per heavy atom. The Morgan fingerprint density at radius 1 is 1.25 bits per heavy atom. The van der Waals surface area contributed by atoms with Crippen LogP contribution in [0.5, 0.6) is 0 Å². The maximum atomic E-state index is 12.4. The topological polar surface area (TPSA) is 47.6 Å². The van der Waals surface area contributed by atoms with Crippen molar-refractivity contribution in [2.75, 3.05) is 52.9 Å². The van der Waals surface area contributed by atoms with Gasteiger partial charge in [-0.3, -0.25) is 9.69 Å². The van der Waals surface area contributed by atoms with Gasteiger partial charge in [0.25, 0.3) is 5.91 Å². The third kappa shape index (κ3) is 4.90. The van der Waals surface area contributed by atoms with E-state index in [0.29, 0.717) is 6.54 Å². The molecule has 2 aliphatic heterocycles. The smallest absolute Gasteiger partial charge is 0.251 e. The lowest BCUT2D eigenvalue weighted by Gasteiger charge is -2.32. The van der Waals surface area contributed by atoms with Crippen LogP contribution in [0.15, 0.2) is 35.9 Å². The molecule has 0 radical (unpaired) electrons. The van der Waals surface area contributed by atoms with E-state index in [9.17, 15) is 4.79 Å². The van der Waals surface area contributed by atoms with Gasteiger partial charge in [-0.1, -0.05) is 23.8 Å². The van der Waals surface area contributed by atoms with Gasteiger partial charge in [0, 0.05) is 51.4 Å². The number of hydrogen-bond donors (Lipinski definition) is 2. The maximum Gasteiger partial charge on any atom is 0.251 e. The molecule has 2 heterocycles. The van der Waals surface area contributed by atoms with Crippen molar-refractivity contribution in [3.63, 3.8) is 0 Å². The second-order valence-electron chi connectivity index (χ2n) is 6.78. The average molecular weight is 328 g/mol. The standard InChI is InChI=1S/C19H28N4O/c1-22-9-11-23(12-10-22)15-17-3-2-4-18(13-17)19(24)21-14-16-5-7-20-8-6-16/h2-5,13,20H,6-12,14-15H2,1H3,(H,21,24). The van der Waals surface area contributed by atoms with E-state index in [0.717, 1.165) is 57.8 Å². The summed E-state index contributed by atoms with van der Waals surface area (Å²) in [6, 6.07) is 8.04. The Morgan fingerprint density at radius 2 is 2.08 bits per heavy atom. The third-order valence-corrected chi connectivity index (χ3v) is 4.83. The third-order valence-electron chi connectivity index (χ3n) is 4.83. The number of likely N-dealkylation sites (N-methyl/N-ethyl adjacent to an activating group) is 1. The lowest BCUT2D eigenvalue weighted by atomic mass is 10.1. The highest BCUT2D eigenvalue weighted by Gasteiger charge is 2.14. The number of piperazine rings is 1. The SMILES string of the molecule is CN1CCN(Cc2cccc(C(=O)NCC3=CCNCC3)c2)CC1. The number of hydrogen-bond acceptors (Lipinski definition) is 4. The van der Waals surface area contributed by atoms with Gasteiger partial charge in [-0.05, 0) is 37.7 Å². The van der Waals surface area contributed by atoms with Gasteiger partial charge in [-0.2, -0.15) is 0 Å². The Bertz CT molecular complexity index is 591. The van der Waals surface area contributed by atoms with Crippen LogP contribution in [0.1, 0.15) is 22.3 Å². The molecule has 0 unspecified atom stereocenters. The molecule has 1 fully saturated rings. The summed E-state index contributed by atoms with van der Waals surface area (Å²) in [5, 5.41) is 6.34. The molecule has 0 aromatic heterocycles. The molecule has 1 aromatic carbocycles. The van der Waals surface area contributed by atoms with Gasteiger partial charge in [-0.15, -0.1) is 0 Å². The van der Waals surface area contributed by atoms with E-state index in [1.165, 1.54) is 11.1 Å². The summed E-state index contributed by atoms with van der Waals surface area (Å²) in [6.45, 7) is 7.90. The number of nitrogens with zero attached hydrogens (tertiary/aromatic N) is 2. The quantitative estimate of drug-likeness (QED) is 0.794. The van der Waals surface area contributed by atoms with E-state index in [2.05, 4.69) is 39.6 Å². The molecule has 0 bridgehead atoms. The van der Waals surface area contributed by atoms with Crippen molar-refractivity contribution in [2.24, 2.45) is 0 Å². The van der Waals surface area contributed by atoms with E-state index >= 15 is 0 Å². The summed E-state index contributed by atoms with van der Waals surface area (Å²) < 4.78 is 0. The first-order chi connectivity index (χ1) is 11.7. The van der Waals surface area contributed by atoms with Crippen LogP contribution < -0.4 is 10.6 Å². The van der Waals surface area contributed by atoms with Gasteiger partial charge in [0.05, 0.1) is 0 Å². The van der Waals surface area contributed by atoms with Crippen LogP contribution in [0.25, 0.3) is 0 Å². The molecule has 0 saturated carbocycles.